The maximum absolute atomic E-state index is 13.0. The molecule has 1 fully saturated rings. The second-order valence-electron chi connectivity index (χ2n) is 6.17. The predicted octanol–water partition coefficient (Wildman–Crippen LogP) is 3.67. The lowest BCUT2D eigenvalue weighted by atomic mass is 10.2. The van der Waals surface area contributed by atoms with E-state index in [1.165, 1.54) is 12.1 Å². The summed E-state index contributed by atoms with van der Waals surface area (Å²) < 4.78 is 13.0. The van der Waals surface area contributed by atoms with Crippen molar-refractivity contribution in [2.75, 3.05) is 26.2 Å². The summed E-state index contributed by atoms with van der Waals surface area (Å²) in [5.74, 6) is -0.189. The van der Waals surface area contributed by atoms with Crippen molar-refractivity contribution in [3.8, 4) is 0 Å². The molecule has 1 N–H and O–H groups in total. The Bertz CT molecular complexity index is 698. The molecule has 2 aromatic carbocycles. The van der Waals surface area contributed by atoms with E-state index in [1.54, 1.807) is 0 Å². The smallest absolute Gasteiger partial charge is 0.169 e. The average Bonchev–Trinajstić information content (AvgIpc) is 2.63. The summed E-state index contributed by atoms with van der Waals surface area (Å²) in [6, 6.07) is 14.5. The van der Waals surface area contributed by atoms with Crippen molar-refractivity contribution in [1.29, 1.82) is 0 Å². The molecular weight excluding hydrogens is 357 g/mol. The lowest BCUT2D eigenvalue weighted by Crippen LogP contribution is -2.51. The number of rotatable bonds is 4. The van der Waals surface area contributed by atoms with Gasteiger partial charge in [0.15, 0.2) is 5.11 Å². The summed E-state index contributed by atoms with van der Waals surface area (Å²) in [6.07, 6.45) is 0. The van der Waals surface area contributed by atoms with Crippen LogP contribution in [0.4, 0.5) is 4.39 Å². The van der Waals surface area contributed by atoms with Crippen LogP contribution in [0.15, 0.2) is 48.5 Å². The van der Waals surface area contributed by atoms with Gasteiger partial charge in [-0.05, 0) is 47.6 Å². The molecule has 0 unspecified atom stereocenters. The van der Waals surface area contributed by atoms with Crippen molar-refractivity contribution in [2.24, 2.45) is 0 Å². The van der Waals surface area contributed by atoms with E-state index in [0.29, 0.717) is 6.54 Å². The van der Waals surface area contributed by atoms with Crippen molar-refractivity contribution in [2.45, 2.75) is 13.1 Å². The molecule has 1 heterocycles. The largest absolute Gasteiger partial charge is 0.358 e. The van der Waals surface area contributed by atoms with Crippen LogP contribution in [0.25, 0.3) is 0 Å². The summed E-state index contributed by atoms with van der Waals surface area (Å²) in [6.45, 7) is 5.23. The van der Waals surface area contributed by atoms with Crippen LogP contribution in [-0.4, -0.2) is 41.1 Å². The third-order valence-corrected chi connectivity index (χ3v) is 4.99. The molecule has 0 radical (unpaired) electrons. The Labute approximate surface area is 158 Å². The number of thiocarbonyl (C=S) groups is 1. The first-order valence-corrected chi connectivity index (χ1v) is 9.13. The molecule has 2 aromatic rings. The van der Waals surface area contributed by atoms with Crippen molar-refractivity contribution in [1.82, 2.24) is 15.1 Å². The third kappa shape index (κ3) is 5.39. The molecule has 0 atom stereocenters. The Morgan fingerprint density at radius 2 is 1.56 bits per heavy atom. The van der Waals surface area contributed by atoms with Gasteiger partial charge in [0.2, 0.25) is 0 Å². The molecule has 25 heavy (non-hydrogen) atoms. The Morgan fingerprint density at radius 3 is 2.20 bits per heavy atom. The van der Waals surface area contributed by atoms with Crippen LogP contribution in [0, 0.1) is 5.82 Å². The van der Waals surface area contributed by atoms with Crippen molar-refractivity contribution >= 4 is 28.9 Å². The number of hydrogen-bond donors (Lipinski definition) is 1. The number of halogens is 2. The fourth-order valence-electron chi connectivity index (χ4n) is 2.85. The third-order valence-electron chi connectivity index (χ3n) is 4.34. The van der Waals surface area contributed by atoms with Gasteiger partial charge in [-0.15, -0.1) is 0 Å². The van der Waals surface area contributed by atoms with Crippen LogP contribution in [0.1, 0.15) is 11.1 Å². The van der Waals surface area contributed by atoms with E-state index >= 15 is 0 Å². The topological polar surface area (TPSA) is 18.5 Å². The predicted molar refractivity (Wildman–Crippen MR) is 104 cm³/mol. The van der Waals surface area contributed by atoms with Crippen LogP contribution >= 0.6 is 23.8 Å². The molecule has 0 bridgehead atoms. The van der Waals surface area contributed by atoms with Gasteiger partial charge in [-0.3, -0.25) is 4.90 Å². The Balaban J connectivity index is 1.42. The summed E-state index contributed by atoms with van der Waals surface area (Å²) in [7, 11) is 0. The molecule has 0 amide bonds. The molecule has 3 nitrogen and oxygen atoms in total. The minimum absolute atomic E-state index is 0.189. The Morgan fingerprint density at radius 1 is 0.960 bits per heavy atom. The molecule has 132 valence electrons. The van der Waals surface area contributed by atoms with Gasteiger partial charge < -0.3 is 10.2 Å². The highest BCUT2D eigenvalue weighted by atomic mass is 35.5. The lowest BCUT2D eigenvalue weighted by Gasteiger charge is -2.36. The van der Waals surface area contributed by atoms with Gasteiger partial charge in [-0.25, -0.2) is 4.39 Å². The van der Waals surface area contributed by atoms with Gasteiger partial charge in [-0.2, -0.15) is 0 Å². The molecular formula is C19H21ClFN3S. The summed E-state index contributed by atoms with van der Waals surface area (Å²) >= 11 is 11.4. The lowest BCUT2D eigenvalue weighted by molar-refractivity contribution is 0.174. The molecule has 0 aliphatic carbocycles. The van der Waals surface area contributed by atoms with Crippen molar-refractivity contribution < 1.29 is 4.39 Å². The summed E-state index contributed by atoms with van der Waals surface area (Å²) in [5.41, 5.74) is 2.29. The zero-order valence-electron chi connectivity index (χ0n) is 13.9. The van der Waals surface area contributed by atoms with Gasteiger partial charge in [0.05, 0.1) is 0 Å². The highest BCUT2D eigenvalue weighted by molar-refractivity contribution is 7.80. The number of piperazine rings is 1. The van der Waals surface area contributed by atoms with Gasteiger partial charge in [0, 0.05) is 44.3 Å². The summed E-state index contributed by atoms with van der Waals surface area (Å²) in [4.78, 5) is 4.57. The monoisotopic (exact) mass is 377 g/mol. The highest BCUT2D eigenvalue weighted by Gasteiger charge is 2.18. The normalized spacial score (nSPS) is 15.2. The molecule has 6 heteroatoms. The van der Waals surface area contributed by atoms with Gasteiger partial charge >= 0.3 is 0 Å². The highest BCUT2D eigenvalue weighted by Crippen LogP contribution is 2.11. The molecule has 1 saturated heterocycles. The second kappa shape index (κ2) is 8.61. The molecule has 0 saturated carbocycles. The molecule has 0 spiro atoms. The fraction of sp³-hybridized carbons (Fsp3) is 0.316. The zero-order chi connectivity index (χ0) is 17.6. The van der Waals surface area contributed by atoms with E-state index in [-0.39, 0.29) is 5.82 Å². The molecule has 1 aliphatic rings. The minimum atomic E-state index is -0.189. The molecule has 0 aromatic heterocycles. The van der Waals surface area contributed by atoms with E-state index in [4.69, 9.17) is 23.8 Å². The van der Waals surface area contributed by atoms with Crippen LogP contribution in [0.2, 0.25) is 5.02 Å². The van der Waals surface area contributed by atoms with E-state index in [0.717, 1.165) is 54.0 Å². The maximum Gasteiger partial charge on any atom is 0.169 e. The molecule has 1 aliphatic heterocycles. The Hall–Kier alpha value is -1.69. The van der Waals surface area contributed by atoms with E-state index in [1.807, 2.05) is 36.4 Å². The first-order chi connectivity index (χ1) is 12.1. The van der Waals surface area contributed by atoms with Crippen LogP contribution in [-0.2, 0) is 13.1 Å². The van der Waals surface area contributed by atoms with Crippen molar-refractivity contribution in [3.63, 3.8) is 0 Å². The van der Waals surface area contributed by atoms with Crippen molar-refractivity contribution in [3.05, 3.63) is 70.5 Å². The Kier molecular flexibility index (Phi) is 6.24. The number of nitrogens with zero attached hydrogens (tertiary/aromatic N) is 2. The van der Waals surface area contributed by atoms with Crippen LogP contribution < -0.4 is 5.32 Å². The van der Waals surface area contributed by atoms with E-state index in [2.05, 4.69) is 15.1 Å². The van der Waals surface area contributed by atoms with Gasteiger partial charge in [0.1, 0.15) is 5.82 Å². The van der Waals surface area contributed by atoms with Crippen LogP contribution in [0.3, 0.4) is 0 Å². The van der Waals surface area contributed by atoms with Gasteiger partial charge in [0.25, 0.3) is 0 Å². The zero-order valence-corrected chi connectivity index (χ0v) is 15.5. The second-order valence-corrected chi connectivity index (χ2v) is 7.00. The number of benzene rings is 2. The number of nitrogens with one attached hydrogen (secondary N) is 1. The first-order valence-electron chi connectivity index (χ1n) is 8.34. The first kappa shape index (κ1) is 18.1. The fourth-order valence-corrected chi connectivity index (χ4v) is 3.23. The van der Waals surface area contributed by atoms with E-state index < -0.39 is 0 Å². The number of hydrogen-bond acceptors (Lipinski definition) is 2. The maximum atomic E-state index is 13.0. The van der Waals surface area contributed by atoms with Gasteiger partial charge in [-0.1, -0.05) is 35.9 Å². The van der Waals surface area contributed by atoms with E-state index in [9.17, 15) is 4.39 Å². The average molecular weight is 378 g/mol. The summed E-state index contributed by atoms with van der Waals surface area (Å²) in [5, 5.41) is 4.84. The molecule has 3 rings (SSSR count). The SMILES string of the molecule is Fc1ccc(CN2CCN(C(=S)NCc3ccc(Cl)cc3)CC2)cc1. The minimum Gasteiger partial charge on any atom is -0.358 e. The quantitative estimate of drug-likeness (QED) is 0.819. The van der Waals surface area contributed by atoms with Crippen LogP contribution in [0.5, 0.6) is 0 Å². The standard InChI is InChI=1S/C19H21ClFN3S/c20-17-5-1-15(2-6-17)13-22-19(25)24-11-9-23(10-12-24)14-16-3-7-18(21)8-4-16/h1-8H,9-14H2,(H,22,25).